The summed E-state index contributed by atoms with van der Waals surface area (Å²) in [5, 5.41) is 4.95. The van der Waals surface area contributed by atoms with E-state index in [0.717, 1.165) is 0 Å². The molecule has 0 aliphatic rings. The topological polar surface area (TPSA) is 67.4 Å². The van der Waals surface area contributed by atoms with E-state index in [1.807, 2.05) is 6.92 Å². The van der Waals surface area contributed by atoms with Crippen LogP contribution >= 0.6 is 0 Å². The standard InChI is InChI=1S/C14H16N2O3/c1-3-9-15-13(17)10-16-14(18)11-5-7-12(8-6-11)19-4-2/h1,5-8H,4,9-10H2,2H3,(H,15,17)(H,16,18). The minimum Gasteiger partial charge on any atom is -0.494 e. The number of terminal acetylenes is 1. The fourth-order valence-electron chi connectivity index (χ4n) is 1.34. The van der Waals surface area contributed by atoms with E-state index in [9.17, 15) is 9.59 Å². The van der Waals surface area contributed by atoms with Gasteiger partial charge in [-0.15, -0.1) is 6.42 Å². The molecule has 0 fully saturated rings. The van der Waals surface area contributed by atoms with Crippen molar-refractivity contribution in [2.24, 2.45) is 0 Å². The fourth-order valence-corrected chi connectivity index (χ4v) is 1.34. The number of amides is 2. The number of rotatable bonds is 6. The number of carbonyl (C=O) groups is 2. The first kappa shape index (κ1) is 14.6. The monoisotopic (exact) mass is 260 g/mol. The molecular formula is C14H16N2O3. The molecule has 100 valence electrons. The number of carbonyl (C=O) groups excluding carboxylic acids is 2. The van der Waals surface area contributed by atoms with Crippen LogP contribution in [0.4, 0.5) is 0 Å². The highest BCUT2D eigenvalue weighted by molar-refractivity contribution is 5.96. The summed E-state index contributed by atoms with van der Waals surface area (Å²) in [5.74, 6) is 2.33. The van der Waals surface area contributed by atoms with E-state index in [1.165, 1.54) is 0 Å². The zero-order valence-electron chi connectivity index (χ0n) is 10.7. The molecule has 0 aromatic heterocycles. The molecule has 19 heavy (non-hydrogen) atoms. The molecule has 1 aromatic rings. The van der Waals surface area contributed by atoms with Gasteiger partial charge >= 0.3 is 0 Å². The lowest BCUT2D eigenvalue weighted by atomic mass is 10.2. The Labute approximate surface area is 112 Å². The highest BCUT2D eigenvalue weighted by Gasteiger charge is 2.07. The van der Waals surface area contributed by atoms with Crippen LogP contribution in [0.15, 0.2) is 24.3 Å². The maximum absolute atomic E-state index is 11.7. The van der Waals surface area contributed by atoms with Gasteiger partial charge in [0.2, 0.25) is 5.91 Å². The lowest BCUT2D eigenvalue weighted by Crippen LogP contribution is -2.37. The van der Waals surface area contributed by atoms with Crippen molar-refractivity contribution >= 4 is 11.8 Å². The van der Waals surface area contributed by atoms with E-state index in [0.29, 0.717) is 17.9 Å². The Balaban J connectivity index is 2.45. The van der Waals surface area contributed by atoms with Crippen molar-refractivity contribution in [1.29, 1.82) is 0 Å². The molecule has 1 aromatic carbocycles. The lowest BCUT2D eigenvalue weighted by molar-refractivity contribution is -0.119. The molecule has 5 heteroatoms. The van der Waals surface area contributed by atoms with Gasteiger partial charge in [-0.2, -0.15) is 0 Å². The first-order chi connectivity index (χ1) is 9.17. The van der Waals surface area contributed by atoms with Crippen molar-refractivity contribution in [1.82, 2.24) is 10.6 Å². The molecule has 0 saturated heterocycles. The van der Waals surface area contributed by atoms with Gasteiger partial charge in [0.15, 0.2) is 0 Å². The third-order valence-electron chi connectivity index (χ3n) is 2.22. The van der Waals surface area contributed by atoms with Crippen molar-refractivity contribution in [2.75, 3.05) is 19.7 Å². The van der Waals surface area contributed by atoms with Gasteiger partial charge in [-0.3, -0.25) is 9.59 Å². The number of hydrogen-bond acceptors (Lipinski definition) is 3. The summed E-state index contributed by atoms with van der Waals surface area (Å²) in [4.78, 5) is 23.0. The zero-order chi connectivity index (χ0) is 14.1. The van der Waals surface area contributed by atoms with Crippen LogP contribution in [-0.4, -0.2) is 31.5 Å². The van der Waals surface area contributed by atoms with Crippen molar-refractivity contribution in [3.63, 3.8) is 0 Å². The maximum Gasteiger partial charge on any atom is 0.251 e. The first-order valence-electron chi connectivity index (χ1n) is 5.88. The number of ether oxygens (including phenoxy) is 1. The third kappa shape index (κ3) is 5.13. The van der Waals surface area contributed by atoms with Gasteiger partial charge in [-0.05, 0) is 31.2 Å². The lowest BCUT2D eigenvalue weighted by Gasteiger charge is -2.06. The molecule has 0 spiro atoms. The molecule has 2 N–H and O–H groups in total. The van der Waals surface area contributed by atoms with Crippen molar-refractivity contribution in [3.8, 4) is 18.1 Å². The molecule has 0 heterocycles. The Bertz CT molecular complexity index is 474. The molecule has 0 bridgehead atoms. The van der Waals surface area contributed by atoms with Gasteiger partial charge in [0, 0.05) is 5.56 Å². The van der Waals surface area contributed by atoms with Gasteiger partial charge < -0.3 is 15.4 Å². The molecule has 0 aliphatic carbocycles. The highest BCUT2D eigenvalue weighted by atomic mass is 16.5. The second-order valence-electron chi connectivity index (χ2n) is 3.62. The van der Waals surface area contributed by atoms with Crippen LogP contribution < -0.4 is 15.4 Å². The normalized spacial score (nSPS) is 9.26. The number of hydrogen-bond donors (Lipinski definition) is 2. The maximum atomic E-state index is 11.7. The van der Waals surface area contributed by atoms with Crippen molar-refractivity contribution < 1.29 is 14.3 Å². The Hall–Kier alpha value is -2.48. The predicted molar refractivity (Wildman–Crippen MR) is 71.8 cm³/mol. The van der Waals surface area contributed by atoms with E-state index in [1.54, 1.807) is 24.3 Å². The van der Waals surface area contributed by atoms with Gasteiger partial charge in [-0.25, -0.2) is 0 Å². The summed E-state index contributed by atoms with van der Waals surface area (Å²) in [5.41, 5.74) is 0.466. The summed E-state index contributed by atoms with van der Waals surface area (Å²) in [7, 11) is 0. The van der Waals surface area contributed by atoms with Crippen LogP contribution in [0.5, 0.6) is 5.75 Å². The fraction of sp³-hybridized carbons (Fsp3) is 0.286. The molecule has 0 aliphatic heterocycles. The van der Waals surface area contributed by atoms with Gasteiger partial charge in [0.1, 0.15) is 5.75 Å². The summed E-state index contributed by atoms with van der Waals surface area (Å²) >= 11 is 0. The van der Waals surface area contributed by atoms with Crippen LogP contribution in [0, 0.1) is 12.3 Å². The van der Waals surface area contributed by atoms with Crippen LogP contribution in [0.3, 0.4) is 0 Å². The van der Waals surface area contributed by atoms with Gasteiger partial charge in [-0.1, -0.05) is 5.92 Å². The van der Waals surface area contributed by atoms with E-state index < -0.39 is 0 Å². The largest absolute Gasteiger partial charge is 0.494 e. The Morgan fingerprint density at radius 1 is 1.26 bits per heavy atom. The second-order valence-corrected chi connectivity index (χ2v) is 3.62. The van der Waals surface area contributed by atoms with E-state index >= 15 is 0 Å². The first-order valence-corrected chi connectivity index (χ1v) is 5.88. The Morgan fingerprint density at radius 3 is 2.53 bits per heavy atom. The molecular weight excluding hydrogens is 244 g/mol. The quantitative estimate of drug-likeness (QED) is 0.735. The predicted octanol–water partition coefficient (Wildman–Crippen LogP) is 0.564. The molecule has 1 rings (SSSR count). The highest BCUT2D eigenvalue weighted by Crippen LogP contribution is 2.11. The van der Waals surface area contributed by atoms with E-state index in [-0.39, 0.29) is 24.9 Å². The molecule has 0 saturated carbocycles. The summed E-state index contributed by atoms with van der Waals surface area (Å²) < 4.78 is 5.27. The minimum absolute atomic E-state index is 0.103. The minimum atomic E-state index is -0.322. The van der Waals surface area contributed by atoms with Crippen LogP contribution in [0.25, 0.3) is 0 Å². The Morgan fingerprint density at radius 2 is 1.95 bits per heavy atom. The smallest absolute Gasteiger partial charge is 0.251 e. The summed E-state index contributed by atoms with van der Waals surface area (Å²) in [6.07, 6.45) is 5.00. The molecule has 0 unspecified atom stereocenters. The average Bonchev–Trinajstić information content (AvgIpc) is 2.43. The van der Waals surface area contributed by atoms with E-state index in [4.69, 9.17) is 11.2 Å². The van der Waals surface area contributed by atoms with Crippen LogP contribution in [0.2, 0.25) is 0 Å². The van der Waals surface area contributed by atoms with Crippen LogP contribution in [-0.2, 0) is 4.79 Å². The number of benzene rings is 1. The van der Waals surface area contributed by atoms with Crippen molar-refractivity contribution in [2.45, 2.75) is 6.92 Å². The molecule has 5 nitrogen and oxygen atoms in total. The number of nitrogens with one attached hydrogen (secondary N) is 2. The third-order valence-corrected chi connectivity index (χ3v) is 2.22. The molecule has 0 radical (unpaired) electrons. The second kappa shape index (κ2) is 7.77. The Kier molecular flexibility index (Phi) is 5.96. The average molecular weight is 260 g/mol. The SMILES string of the molecule is C#CCNC(=O)CNC(=O)c1ccc(OCC)cc1. The van der Waals surface area contributed by atoms with Crippen LogP contribution in [0.1, 0.15) is 17.3 Å². The van der Waals surface area contributed by atoms with Gasteiger partial charge in [0.05, 0.1) is 19.7 Å². The summed E-state index contributed by atoms with van der Waals surface area (Å²) in [6, 6.07) is 6.69. The van der Waals surface area contributed by atoms with Gasteiger partial charge in [0.25, 0.3) is 5.91 Å². The van der Waals surface area contributed by atoms with Crippen molar-refractivity contribution in [3.05, 3.63) is 29.8 Å². The zero-order valence-corrected chi connectivity index (χ0v) is 10.7. The molecule has 0 atom stereocenters. The summed E-state index contributed by atoms with van der Waals surface area (Å²) in [6.45, 7) is 2.50. The molecule has 2 amide bonds. The van der Waals surface area contributed by atoms with E-state index in [2.05, 4.69) is 16.6 Å².